The first-order valence-electron chi connectivity index (χ1n) is 8.13. The van der Waals surface area contributed by atoms with E-state index in [0.29, 0.717) is 12.1 Å². The third-order valence-electron chi connectivity index (χ3n) is 4.67. The van der Waals surface area contributed by atoms with Crippen LogP contribution in [0.2, 0.25) is 0 Å². The maximum atomic E-state index is 5.85. The molecule has 0 aromatic heterocycles. The fourth-order valence-electron chi connectivity index (χ4n) is 3.41. The molecule has 2 aliphatic rings. The van der Waals surface area contributed by atoms with E-state index < -0.39 is 0 Å². The lowest BCUT2D eigenvalue weighted by molar-refractivity contribution is -0.0548. The molecule has 112 valence electrons. The van der Waals surface area contributed by atoms with Crippen LogP contribution in [0.25, 0.3) is 0 Å². The average Bonchev–Trinajstić information content (AvgIpc) is 2.92. The number of nitrogens with one attached hydrogen (secondary N) is 1. The Kier molecular flexibility index (Phi) is 6.57. The number of fused-ring (bicyclic) bond motifs is 1. The highest BCUT2D eigenvalue weighted by atomic mass is 16.5. The zero-order valence-corrected chi connectivity index (χ0v) is 12.7. The first-order chi connectivity index (χ1) is 9.35. The van der Waals surface area contributed by atoms with Crippen LogP contribution in [0.3, 0.4) is 0 Å². The first kappa shape index (κ1) is 15.2. The predicted molar refractivity (Wildman–Crippen MR) is 79.6 cm³/mol. The molecule has 1 heterocycles. The number of hydrogen-bond donors (Lipinski definition) is 1. The van der Waals surface area contributed by atoms with Gasteiger partial charge in [-0.2, -0.15) is 0 Å². The zero-order chi connectivity index (χ0) is 13.5. The van der Waals surface area contributed by atoms with Gasteiger partial charge in [0, 0.05) is 38.8 Å². The Morgan fingerprint density at radius 3 is 2.84 bits per heavy atom. The molecule has 19 heavy (non-hydrogen) atoms. The average molecular weight is 269 g/mol. The molecule has 0 radical (unpaired) electrons. The molecule has 0 aromatic carbocycles. The number of rotatable bonds is 8. The van der Waals surface area contributed by atoms with Gasteiger partial charge in [-0.3, -0.25) is 4.90 Å². The normalized spacial score (nSPS) is 27.9. The summed E-state index contributed by atoms with van der Waals surface area (Å²) in [5, 5.41) is 3.59. The Labute approximate surface area is 118 Å². The van der Waals surface area contributed by atoms with Crippen molar-refractivity contribution in [2.75, 3.05) is 52.4 Å². The molecule has 4 nitrogen and oxygen atoms in total. The fraction of sp³-hybridized carbons (Fsp3) is 1.00. The van der Waals surface area contributed by atoms with Gasteiger partial charge in [0.1, 0.15) is 0 Å². The van der Waals surface area contributed by atoms with Gasteiger partial charge in [-0.15, -0.1) is 0 Å². The quantitative estimate of drug-likeness (QED) is 0.670. The maximum Gasteiger partial charge on any atom is 0.0730 e. The van der Waals surface area contributed by atoms with E-state index in [0.717, 1.165) is 39.3 Å². The standard InChI is InChI=1S/C15H31N3O/c1-3-17(4-2)10-8-16-9-11-18-12-13-19-15-7-5-6-14(15)18/h14-16H,3-13H2,1-2H3. The molecule has 4 heteroatoms. The van der Waals surface area contributed by atoms with Gasteiger partial charge >= 0.3 is 0 Å². The summed E-state index contributed by atoms with van der Waals surface area (Å²) in [6.45, 7) is 13.4. The van der Waals surface area contributed by atoms with Crippen LogP contribution in [0.4, 0.5) is 0 Å². The molecular formula is C15H31N3O. The van der Waals surface area contributed by atoms with Crippen molar-refractivity contribution in [1.82, 2.24) is 15.1 Å². The second-order valence-electron chi connectivity index (χ2n) is 5.72. The summed E-state index contributed by atoms with van der Waals surface area (Å²) >= 11 is 0. The highest BCUT2D eigenvalue weighted by molar-refractivity contribution is 4.89. The molecule has 2 rings (SSSR count). The molecule has 0 aromatic rings. The molecule has 2 fully saturated rings. The third kappa shape index (κ3) is 4.42. The van der Waals surface area contributed by atoms with Crippen molar-refractivity contribution in [3.8, 4) is 0 Å². The second kappa shape index (κ2) is 8.20. The second-order valence-corrected chi connectivity index (χ2v) is 5.72. The molecule has 0 bridgehead atoms. The van der Waals surface area contributed by atoms with E-state index in [2.05, 4.69) is 29.0 Å². The van der Waals surface area contributed by atoms with Gasteiger partial charge < -0.3 is 15.0 Å². The molecule has 1 saturated heterocycles. The molecule has 0 spiro atoms. The summed E-state index contributed by atoms with van der Waals surface area (Å²) in [4.78, 5) is 5.11. The van der Waals surface area contributed by atoms with Crippen LogP contribution in [-0.4, -0.2) is 74.4 Å². The number of ether oxygens (including phenoxy) is 1. The van der Waals surface area contributed by atoms with Crippen molar-refractivity contribution < 1.29 is 4.74 Å². The van der Waals surface area contributed by atoms with Crippen LogP contribution in [0.15, 0.2) is 0 Å². The highest BCUT2D eigenvalue weighted by Crippen LogP contribution is 2.29. The number of likely N-dealkylation sites (N-methyl/N-ethyl adjacent to an activating group) is 1. The van der Waals surface area contributed by atoms with E-state index >= 15 is 0 Å². The largest absolute Gasteiger partial charge is 0.375 e. The van der Waals surface area contributed by atoms with Gasteiger partial charge in [0.15, 0.2) is 0 Å². The van der Waals surface area contributed by atoms with E-state index in [1.165, 1.54) is 32.4 Å². The van der Waals surface area contributed by atoms with Crippen LogP contribution < -0.4 is 5.32 Å². The number of hydrogen-bond acceptors (Lipinski definition) is 4. The summed E-state index contributed by atoms with van der Waals surface area (Å²) in [6, 6.07) is 0.707. The van der Waals surface area contributed by atoms with Crippen molar-refractivity contribution in [2.24, 2.45) is 0 Å². The van der Waals surface area contributed by atoms with E-state index in [1.54, 1.807) is 0 Å². The minimum absolute atomic E-state index is 0.532. The Bertz CT molecular complexity index is 246. The molecule has 2 unspecified atom stereocenters. The summed E-state index contributed by atoms with van der Waals surface area (Å²) < 4.78 is 5.85. The Hall–Kier alpha value is -0.160. The predicted octanol–water partition coefficient (Wildman–Crippen LogP) is 1.17. The van der Waals surface area contributed by atoms with Gasteiger partial charge in [-0.05, 0) is 32.4 Å². The molecular weight excluding hydrogens is 238 g/mol. The van der Waals surface area contributed by atoms with Crippen LogP contribution in [0.1, 0.15) is 33.1 Å². The van der Waals surface area contributed by atoms with E-state index in [9.17, 15) is 0 Å². The minimum atomic E-state index is 0.532. The highest BCUT2D eigenvalue weighted by Gasteiger charge is 2.35. The number of morpholine rings is 1. The van der Waals surface area contributed by atoms with Crippen molar-refractivity contribution in [1.29, 1.82) is 0 Å². The van der Waals surface area contributed by atoms with Crippen LogP contribution in [0, 0.1) is 0 Å². The van der Waals surface area contributed by atoms with Gasteiger partial charge in [0.2, 0.25) is 0 Å². The Morgan fingerprint density at radius 1 is 1.21 bits per heavy atom. The third-order valence-corrected chi connectivity index (χ3v) is 4.67. The zero-order valence-electron chi connectivity index (χ0n) is 12.7. The van der Waals surface area contributed by atoms with Crippen molar-refractivity contribution in [3.63, 3.8) is 0 Å². The summed E-state index contributed by atoms with van der Waals surface area (Å²) in [5.74, 6) is 0. The SMILES string of the molecule is CCN(CC)CCNCCN1CCOC2CCCC21. The van der Waals surface area contributed by atoms with Gasteiger partial charge in [-0.25, -0.2) is 0 Å². The molecule has 2 atom stereocenters. The fourth-order valence-corrected chi connectivity index (χ4v) is 3.41. The summed E-state index contributed by atoms with van der Waals surface area (Å²) in [5.41, 5.74) is 0. The maximum absolute atomic E-state index is 5.85. The van der Waals surface area contributed by atoms with Crippen LogP contribution in [-0.2, 0) is 4.74 Å². The van der Waals surface area contributed by atoms with Crippen molar-refractivity contribution >= 4 is 0 Å². The lowest BCUT2D eigenvalue weighted by Crippen LogP contribution is -2.50. The molecule has 1 aliphatic carbocycles. The van der Waals surface area contributed by atoms with Crippen molar-refractivity contribution in [2.45, 2.75) is 45.3 Å². The Balaban J connectivity index is 1.57. The summed E-state index contributed by atoms with van der Waals surface area (Å²) in [7, 11) is 0. The van der Waals surface area contributed by atoms with Crippen molar-refractivity contribution in [3.05, 3.63) is 0 Å². The lowest BCUT2D eigenvalue weighted by atomic mass is 10.1. The van der Waals surface area contributed by atoms with Gasteiger partial charge in [0.05, 0.1) is 12.7 Å². The smallest absolute Gasteiger partial charge is 0.0730 e. The van der Waals surface area contributed by atoms with E-state index in [-0.39, 0.29) is 0 Å². The van der Waals surface area contributed by atoms with Crippen LogP contribution in [0.5, 0.6) is 0 Å². The minimum Gasteiger partial charge on any atom is -0.375 e. The monoisotopic (exact) mass is 269 g/mol. The van der Waals surface area contributed by atoms with Gasteiger partial charge in [-0.1, -0.05) is 13.8 Å². The number of nitrogens with zero attached hydrogens (tertiary/aromatic N) is 2. The lowest BCUT2D eigenvalue weighted by Gasteiger charge is -2.37. The van der Waals surface area contributed by atoms with Gasteiger partial charge in [0.25, 0.3) is 0 Å². The summed E-state index contributed by atoms with van der Waals surface area (Å²) in [6.07, 6.45) is 4.49. The molecule has 1 saturated carbocycles. The topological polar surface area (TPSA) is 27.7 Å². The first-order valence-corrected chi connectivity index (χ1v) is 8.13. The molecule has 1 aliphatic heterocycles. The van der Waals surface area contributed by atoms with Crippen LogP contribution >= 0.6 is 0 Å². The molecule has 0 amide bonds. The Morgan fingerprint density at radius 2 is 2.05 bits per heavy atom. The van der Waals surface area contributed by atoms with E-state index in [1.807, 2.05) is 0 Å². The molecule has 1 N–H and O–H groups in total. The van der Waals surface area contributed by atoms with E-state index in [4.69, 9.17) is 4.74 Å².